The zero-order valence-electron chi connectivity index (χ0n) is 12.2. The normalized spacial score (nSPS) is 21.5. The van der Waals surface area contributed by atoms with Crippen LogP contribution >= 0.6 is 0 Å². The Kier molecular flexibility index (Phi) is 5.65. The van der Waals surface area contributed by atoms with E-state index in [1.54, 1.807) is 0 Å². The van der Waals surface area contributed by atoms with E-state index in [4.69, 9.17) is 0 Å². The van der Waals surface area contributed by atoms with Crippen molar-refractivity contribution in [2.45, 2.75) is 38.4 Å². The van der Waals surface area contributed by atoms with Crippen molar-refractivity contribution in [2.24, 2.45) is 5.92 Å². The molecule has 2 unspecified atom stereocenters. The van der Waals surface area contributed by atoms with E-state index in [0.29, 0.717) is 18.4 Å². The molecule has 0 radical (unpaired) electrons. The standard InChI is InChI=1S/C16H22F3NO/c1-2-20-15-13(7-5-9-21-11-16(17,18)19)10-12-6-3-4-8-14(12)15/h3-4,6,8,13,15,20H,2,5,7,9-11H2,1H3. The first-order chi connectivity index (χ1) is 10.0. The molecule has 2 rings (SSSR count). The highest BCUT2D eigenvalue weighted by Crippen LogP contribution is 2.38. The lowest BCUT2D eigenvalue weighted by molar-refractivity contribution is -0.174. The van der Waals surface area contributed by atoms with Crippen LogP contribution in [0.2, 0.25) is 0 Å². The second-order valence-electron chi connectivity index (χ2n) is 5.51. The van der Waals surface area contributed by atoms with Crippen molar-refractivity contribution in [2.75, 3.05) is 19.8 Å². The van der Waals surface area contributed by atoms with Gasteiger partial charge in [-0.3, -0.25) is 0 Å². The first-order valence-electron chi connectivity index (χ1n) is 7.47. The fourth-order valence-corrected chi connectivity index (χ4v) is 3.08. The minimum Gasteiger partial charge on any atom is -0.372 e. The molecule has 0 fully saturated rings. The van der Waals surface area contributed by atoms with Crippen LogP contribution < -0.4 is 5.32 Å². The Bertz CT molecular complexity index is 447. The van der Waals surface area contributed by atoms with Gasteiger partial charge in [-0.05, 0) is 42.9 Å². The number of rotatable bonds is 7. The summed E-state index contributed by atoms with van der Waals surface area (Å²) in [7, 11) is 0. The number of ether oxygens (including phenoxy) is 1. The summed E-state index contributed by atoms with van der Waals surface area (Å²) in [5, 5.41) is 3.50. The molecule has 118 valence electrons. The van der Waals surface area contributed by atoms with Gasteiger partial charge < -0.3 is 10.1 Å². The fourth-order valence-electron chi connectivity index (χ4n) is 3.08. The largest absolute Gasteiger partial charge is 0.411 e. The van der Waals surface area contributed by atoms with Gasteiger partial charge in [0.15, 0.2) is 0 Å². The van der Waals surface area contributed by atoms with Gasteiger partial charge in [0.1, 0.15) is 6.61 Å². The van der Waals surface area contributed by atoms with Gasteiger partial charge in [-0.1, -0.05) is 31.2 Å². The molecule has 0 saturated carbocycles. The minimum absolute atomic E-state index is 0.172. The summed E-state index contributed by atoms with van der Waals surface area (Å²) in [5.41, 5.74) is 2.69. The van der Waals surface area contributed by atoms with Gasteiger partial charge in [0.05, 0.1) is 0 Å². The van der Waals surface area contributed by atoms with Crippen molar-refractivity contribution in [1.82, 2.24) is 5.32 Å². The maximum atomic E-state index is 12.0. The van der Waals surface area contributed by atoms with Crippen LogP contribution in [0.4, 0.5) is 13.2 Å². The summed E-state index contributed by atoms with van der Waals surface area (Å²) < 4.78 is 40.7. The van der Waals surface area contributed by atoms with E-state index < -0.39 is 12.8 Å². The van der Waals surface area contributed by atoms with Gasteiger partial charge in [0.2, 0.25) is 0 Å². The summed E-state index contributed by atoms with van der Waals surface area (Å²) in [6, 6.07) is 8.67. The van der Waals surface area contributed by atoms with Crippen molar-refractivity contribution < 1.29 is 17.9 Å². The lowest BCUT2D eigenvalue weighted by atomic mass is 9.95. The third-order valence-corrected chi connectivity index (χ3v) is 3.90. The summed E-state index contributed by atoms with van der Waals surface area (Å²) in [4.78, 5) is 0. The Balaban J connectivity index is 1.81. The number of alkyl halides is 3. The van der Waals surface area contributed by atoms with Crippen LogP contribution in [0.15, 0.2) is 24.3 Å². The lowest BCUT2D eigenvalue weighted by Crippen LogP contribution is -2.25. The summed E-state index contributed by atoms with van der Waals surface area (Å²) in [6.07, 6.45) is -1.69. The van der Waals surface area contributed by atoms with Crippen LogP contribution in [0.25, 0.3) is 0 Å². The SMILES string of the molecule is CCNC1c2ccccc2CC1CCCOCC(F)(F)F. The zero-order chi connectivity index (χ0) is 15.3. The summed E-state index contributed by atoms with van der Waals surface area (Å²) in [5.74, 6) is 0.442. The molecule has 21 heavy (non-hydrogen) atoms. The molecule has 0 bridgehead atoms. The lowest BCUT2D eigenvalue weighted by Gasteiger charge is -2.21. The monoisotopic (exact) mass is 301 g/mol. The van der Waals surface area contributed by atoms with Gasteiger partial charge in [-0.2, -0.15) is 13.2 Å². The van der Waals surface area contributed by atoms with E-state index in [1.165, 1.54) is 11.1 Å². The fraction of sp³-hybridized carbons (Fsp3) is 0.625. The Morgan fingerprint density at radius 2 is 2.05 bits per heavy atom. The van der Waals surface area contributed by atoms with Crippen molar-refractivity contribution in [3.05, 3.63) is 35.4 Å². The quantitative estimate of drug-likeness (QED) is 0.772. The molecule has 0 saturated heterocycles. The highest BCUT2D eigenvalue weighted by molar-refractivity contribution is 5.35. The topological polar surface area (TPSA) is 21.3 Å². The molecule has 0 amide bonds. The first kappa shape index (κ1) is 16.3. The molecule has 5 heteroatoms. The highest BCUT2D eigenvalue weighted by Gasteiger charge is 2.31. The predicted molar refractivity (Wildman–Crippen MR) is 76.2 cm³/mol. The molecule has 2 atom stereocenters. The molecule has 0 spiro atoms. The molecule has 1 aromatic carbocycles. The molecule has 1 aliphatic rings. The van der Waals surface area contributed by atoms with Gasteiger partial charge in [0.25, 0.3) is 0 Å². The third-order valence-electron chi connectivity index (χ3n) is 3.90. The Morgan fingerprint density at radius 1 is 1.29 bits per heavy atom. The third kappa shape index (κ3) is 4.71. The molecule has 0 heterocycles. The second-order valence-corrected chi connectivity index (χ2v) is 5.51. The van der Waals surface area contributed by atoms with Gasteiger partial charge >= 0.3 is 6.18 Å². The molecule has 1 aliphatic carbocycles. The van der Waals surface area contributed by atoms with Gasteiger partial charge in [-0.15, -0.1) is 0 Å². The maximum Gasteiger partial charge on any atom is 0.411 e. The van der Waals surface area contributed by atoms with E-state index >= 15 is 0 Å². The van der Waals surface area contributed by atoms with Crippen molar-refractivity contribution in [3.8, 4) is 0 Å². The van der Waals surface area contributed by atoms with E-state index in [9.17, 15) is 13.2 Å². The van der Waals surface area contributed by atoms with Gasteiger partial charge in [-0.25, -0.2) is 0 Å². The predicted octanol–water partition coefficient (Wildman–Crippen LogP) is 3.87. The molecule has 1 N–H and O–H groups in total. The number of fused-ring (bicyclic) bond motifs is 1. The molecule has 0 aromatic heterocycles. The Morgan fingerprint density at radius 3 is 2.76 bits per heavy atom. The number of hydrogen-bond acceptors (Lipinski definition) is 2. The maximum absolute atomic E-state index is 12.0. The summed E-state index contributed by atoms with van der Waals surface area (Å²) in [6.45, 7) is 1.99. The minimum atomic E-state index is -4.23. The molecule has 1 aromatic rings. The van der Waals surface area contributed by atoms with Crippen LogP contribution in [0.5, 0.6) is 0 Å². The van der Waals surface area contributed by atoms with Crippen molar-refractivity contribution in [3.63, 3.8) is 0 Å². The van der Waals surface area contributed by atoms with E-state index in [0.717, 1.165) is 19.4 Å². The van der Waals surface area contributed by atoms with Crippen LogP contribution in [0.3, 0.4) is 0 Å². The smallest absolute Gasteiger partial charge is 0.372 e. The summed E-state index contributed by atoms with van der Waals surface area (Å²) >= 11 is 0. The number of hydrogen-bond donors (Lipinski definition) is 1. The second kappa shape index (κ2) is 7.27. The number of nitrogens with one attached hydrogen (secondary N) is 1. The van der Waals surface area contributed by atoms with Crippen molar-refractivity contribution >= 4 is 0 Å². The Labute approximate surface area is 123 Å². The molecular formula is C16H22F3NO. The van der Waals surface area contributed by atoms with E-state index in [2.05, 4.69) is 29.1 Å². The Hall–Kier alpha value is -1.07. The van der Waals surface area contributed by atoms with Crippen LogP contribution in [0, 0.1) is 5.92 Å². The molecular weight excluding hydrogens is 279 g/mol. The highest BCUT2D eigenvalue weighted by atomic mass is 19.4. The number of benzene rings is 1. The molecule has 0 aliphatic heterocycles. The van der Waals surface area contributed by atoms with Crippen LogP contribution in [0.1, 0.15) is 36.9 Å². The average Bonchev–Trinajstić information content (AvgIpc) is 2.76. The first-order valence-corrected chi connectivity index (χ1v) is 7.47. The van der Waals surface area contributed by atoms with E-state index in [-0.39, 0.29) is 6.61 Å². The zero-order valence-corrected chi connectivity index (χ0v) is 12.2. The van der Waals surface area contributed by atoms with Crippen LogP contribution in [-0.4, -0.2) is 25.9 Å². The number of halogens is 3. The van der Waals surface area contributed by atoms with Crippen molar-refractivity contribution in [1.29, 1.82) is 0 Å². The van der Waals surface area contributed by atoms with Gasteiger partial charge in [0, 0.05) is 12.6 Å². The molecule has 2 nitrogen and oxygen atoms in total. The average molecular weight is 301 g/mol. The van der Waals surface area contributed by atoms with Crippen LogP contribution in [-0.2, 0) is 11.2 Å². The van der Waals surface area contributed by atoms with E-state index in [1.807, 2.05) is 12.1 Å².